The number of aromatic nitrogens is 6. The Balaban J connectivity index is 1.81. The number of pyridine rings is 2. The molecule has 0 radical (unpaired) electrons. The first-order chi connectivity index (χ1) is 14.1. The van der Waals surface area contributed by atoms with E-state index in [9.17, 15) is 0 Å². The van der Waals surface area contributed by atoms with Gasteiger partial charge >= 0.3 is 0 Å². The lowest BCUT2D eigenvalue weighted by molar-refractivity contribution is 0.0986. The predicted molar refractivity (Wildman–Crippen MR) is 112 cm³/mol. The number of anilines is 1. The maximum Gasteiger partial charge on any atom is 0.136 e. The van der Waals surface area contributed by atoms with Gasteiger partial charge in [-0.3, -0.25) is 14.8 Å². The summed E-state index contributed by atoms with van der Waals surface area (Å²) in [6, 6.07) is 6.40. The zero-order valence-corrected chi connectivity index (χ0v) is 16.8. The summed E-state index contributed by atoms with van der Waals surface area (Å²) >= 11 is 0. The predicted octanol–water partition coefficient (Wildman–Crippen LogP) is 2.95. The summed E-state index contributed by atoms with van der Waals surface area (Å²) in [4.78, 5) is 11.6. The van der Waals surface area contributed by atoms with E-state index in [1.807, 2.05) is 30.2 Å². The van der Waals surface area contributed by atoms with Gasteiger partial charge < -0.3 is 9.64 Å². The van der Waals surface area contributed by atoms with Crippen molar-refractivity contribution in [2.24, 2.45) is 7.05 Å². The molecule has 4 aromatic rings. The molecule has 1 aliphatic rings. The summed E-state index contributed by atoms with van der Waals surface area (Å²) in [6.45, 7) is 6.46. The highest BCUT2D eigenvalue weighted by Crippen LogP contribution is 2.37. The third kappa shape index (κ3) is 2.96. The molecule has 0 saturated carbocycles. The Kier molecular flexibility index (Phi) is 4.28. The van der Waals surface area contributed by atoms with Crippen LogP contribution in [-0.2, 0) is 11.8 Å². The summed E-state index contributed by atoms with van der Waals surface area (Å²) in [7, 11) is 1.96. The maximum absolute atomic E-state index is 5.63. The summed E-state index contributed by atoms with van der Waals surface area (Å²) in [5.41, 5.74) is 6.86. The minimum atomic E-state index is 0.257. The van der Waals surface area contributed by atoms with Crippen molar-refractivity contribution in [3.05, 3.63) is 42.4 Å². The number of hydrogen-bond donors (Lipinski definition) is 1. The van der Waals surface area contributed by atoms with Crippen LogP contribution in [0.4, 0.5) is 5.82 Å². The van der Waals surface area contributed by atoms with Gasteiger partial charge in [-0.1, -0.05) is 0 Å². The van der Waals surface area contributed by atoms with Crippen LogP contribution in [-0.4, -0.2) is 55.7 Å². The van der Waals surface area contributed by atoms with Crippen molar-refractivity contribution in [3.8, 4) is 22.5 Å². The van der Waals surface area contributed by atoms with E-state index in [0.29, 0.717) is 13.2 Å². The van der Waals surface area contributed by atoms with Gasteiger partial charge in [0, 0.05) is 37.7 Å². The average molecular weight is 389 g/mol. The minimum absolute atomic E-state index is 0.257. The highest BCUT2D eigenvalue weighted by Gasteiger charge is 2.25. The molecule has 0 bridgehead atoms. The Bertz CT molecular complexity index is 1170. The second-order valence-corrected chi connectivity index (χ2v) is 7.48. The summed E-state index contributed by atoms with van der Waals surface area (Å²) in [6.07, 6.45) is 5.46. The molecule has 1 atom stereocenters. The van der Waals surface area contributed by atoms with E-state index in [0.717, 1.165) is 51.5 Å². The first kappa shape index (κ1) is 17.8. The monoisotopic (exact) mass is 389 g/mol. The number of aromatic amines is 1. The number of nitrogens with zero attached hydrogens (tertiary/aromatic N) is 6. The number of nitrogens with one attached hydrogen (secondary N) is 1. The van der Waals surface area contributed by atoms with Gasteiger partial charge in [0.2, 0.25) is 0 Å². The van der Waals surface area contributed by atoms with Crippen molar-refractivity contribution in [3.63, 3.8) is 0 Å². The lowest BCUT2D eigenvalue weighted by atomic mass is 10.0. The van der Waals surface area contributed by atoms with Crippen LogP contribution in [0.2, 0.25) is 0 Å². The van der Waals surface area contributed by atoms with Crippen molar-refractivity contribution < 1.29 is 4.74 Å². The first-order valence-corrected chi connectivity index (χ1v) is 9.76. The number of H-pyrrole nitrogens is 1. The van der Waals surface area contributed by atoms with Crippen LogP contribution < -0.4 is 4.90 Å². The molecule has 0 aliphatic carbocycles. The van der Waals surface area contributed by atoms with E-state index in [1.165, 1.54) is 0 Å². The smallest absolute Gasteiger partial charge is 0.136 e. The van der Waals surface area contributed by atoms with Crippen LogP contribution in [0.5, 0.6) is 0 Å². The molecule has 0 unspecified atom stereocenters. The molecular formula is C21H23N7O. The fourth-order valence-corrected chi connectivity index (χ4v) is 4.03. The molecule has 0 spiro atoms. The van der Waals surface area contributed by atoms with E-state index in [-0.39, 0.29) is 6.04 Å². The second kappa shape index (κ2) is 6.97. The summed E-state index contributed by atoms with van der Waals surface area (Å²) in [5.74, 6) is 0.938. The fraction of sp³-hybridized carbons (Fsp3) is 0.333. The Labute approximate surface area is 168 Å². The molecule has 148 valence electrons. The zero-order chi connectivity index (χ0) is 20.0. The van der Waals surface area contributed by atoms with E-state index in [4.69, 9.17) is 14.8 Å². The number of morpholine rings is 1. The van der Waals surface area contributed by atoms with Crippen molar-refractivity contribution in [2.75, 3.05) is 24.7 Å². The molecule has 8 heteroatoms. The quantitative estimate of drug-likeness (QED) is 0.580. The fourth-order valence-electron chi connectivity index (χ4n) is 4.03. The lowest BCUT2D eigenvalue weighted by Gasteiger charge is -2.34. The summed E-state index contributed by atoms with van der Waals surface area (Å²) in [5, 5.41) is 11.9. The number of hydrogen-bond acceptors (Lipinski definition) is 6. The van der Waals surface area contributed by atoms with Gasteiger partial charge in [-0.05, 0) is 43.2 Å². The molecule has 1 fully saturated rings. The molecule has 0 aromatic carbocycles. The van der Waals surface area contributed by atoms with Gasteiger partial charge in [0.25, 0.3) is 0 Å². The van der Waals surface area contributed by atoms with Gasteiger partial charge in [-0.25, -0.2) is 4.98 Å². The largest absolute Gasteiger partial charge is 0.377 e. The van der Waals surface area contributed by atoms with Crippen LogP contribution in [0.3, 0.4) is 0 Å². The van der Waals surface area contributed by atoms with Crippen molar-refractivity contribution in [2.45, 2.75) is 19.9 Å². The van der Waals surface area contributed by atoms with Gasteiger partial charge in [0.15, 0.2) is 0 Å². The zero-order valence-electron chi connectivity index (χ0n) is 16.8. The lowest BCUT2D eigenvalue weighted by Crippen LogP contribution is -2.44. The van der Waals surface area contributed by atoms with Crippen molar-refractivity contribution >= 4 is 16.9 Å². The number of aryl methyl sites for hydroxylation is 2. The molecule has 29 heavy (non-hydrogen) atoms. The molecular weight excluding hydrogens is 366 g/mol. The number of fused-ring (bicyclic) bond motifs is 1. The summed E-state index contributed by atoms with van der Waals surface area (Å²) < 4.78 is 7.54. The maximum atomic E-state index is 5.63. The normalized spacial score (nSPS) is 17.2. The standard InChI is InChI=1S/C21H23N7O/c1-13-11-22-6-4-15(13)16-10-18(28-8-9-29-12-14(28)2)24-20-19(17-5-7-23-25-17)26-27(3)21(16)20/h4-7,10-11,14H,8-9,12H2,1-3H3,(H,23,25)/t14-/m1/s1. The van der Waals surface area contributed by atoms with Crippen LogP contribution in [0.1, 0.15) is 12.5 Å². The molecule has 1 saturated heterocycles. The molecule has 5 rings (SSSR count). The highest BCUT2D eigenvalue weighted by molar-refractivity contribution is 6.00. The van der Waals surface area contributed by atoms with Crippen LogP contribution >= 0.6 is 0 Å². The third-order valence-electron chi connectivity index (χ3n) is 5.51. The highest BCUT2D eigenvalue weighted by atomic mass is 16.5. The van der Waals surface area contributed by atoms with Crippen LogP contribution in [0.15, 0.2) is 36.8 Å². The van der Waals surface area contributed by atoms with Crippen molar-refractivity contribution in [1.29, 1.82) is 0 Å². The van der Waals surface area contributed by atoms with E-state index in [1.54, 1.807) is 6.20 Å². The van der Waals surface area contributed by atoms with Gasteiger partial charge in [0.05, 0.1) is 30.5 Å². The Morgan fingerprint density at radius 2 is 2.10 bits per heavy atom. The van der Waals surface area contributed by atoms with Gasteiger partial charge in [-0.15, -0.1) is 0 Å². The van der Waals surface area contributed by atoms with Crippen molar-refractivity contribution in [1.82, 2.24) is 29.9 Å². The van der Waals surface area contributed by atoms with Crippen LogP contribution in [0, 0.1) is 6.92 Å². The molecule has 1 aliphatic heterocycles. The Hall–Kier alpha value is -3.26. The topological polar surface area (TPSA) is 84.8 Å². The number of ether oxygens (including phenoxy) is 1. The third-order valence-corrected chi connectivity index (χ3v) is 5.51. The minimum Gasteiger partial charge on any atom is -0.377 e. The average Bonchev–Trinajstić information content (AvgIpc) is 3.36. The van der Waals surface area contributed by atoms with E-state index in [2.05, 4.69) is 46.1 Å². The molecule has 1 N–H and O–H groups in total. The Morgan fingerprint density at radius 3 is 2.86 bits per heavy atom. The second-order valence-electron chi connectivity index (χ2n) is 7.48. The SMILES string of the molecule is Cc1cnccc1-c1cc(N2CCOC[C@H]2C)nc2c(-c3ccn[nH]3)nn(C)c12. The molecule has 5 heterocycles. The molecule has 8 nitrogen and oxygen atoms in total. The Morgan fingerprint density at radius 1 is 1.21 bits per heavy atom. The van der Waals surface area contributed by atoms with E-state index < -0.39 is 0 Å². The van der Waals surface area contributed by atoms with Crippen LogP contribution in [0.25, 0.3) is 33.5 Å². The first-order valence-electron chi connectivity index (χ1n) is 9.76. The molecule has 0 amide bonds. The van der Waals surface area contributed by atoms with Gasteiger partial charge in [0.1, 0.15) is 17.0 Å². The van der Waals surface area contributed by atoms with E-state index >= 15 is 0 Å². The van der Waals surface area contributed by atoms with Gasteiger partial charge in [-0.2, -0.15) is 10.2 Å². The number of rotatable bonds is 3. The molecule has 4 aromatic heterocycles.